The number of para-hydroxylation sites is 2. The van der Waals surface area contributed by atoms with E-state index in [1.807, 2.05) is 0 Å². The molecule has 0 radical (unpaired) electrons. The summed E-state index contributed by atoms with van der Waals surface area (Å²) >= 11 is 0. The zero-order valence-electron chi connectivity index (χ0n) is 13.9. The fourth-order valence-corrected chi connectivity index (χ4v) is 2.34. The third-order valence-corrected chi connectivity index (χ3v) is 3.61. The van der Waals surface area contributed by atoms with Crippen molar-refractivity contribution in [3.05, 3.63) is 59.7 Å². The first-order chi connectivity index (χ1) is 12.1. The number of amides is 2. The maximum atomic E-state index is 11.3. The topological polar surface area (TPSA) is 105 Å². The Morgan fingerprint density at radius 3 is 1.48 bits per heavy atom. The first kappa shape index (κ1) is 18.3. The number of benzene rings is 2. The maximum absolute atomic E-state index is 11.3. The van der Waals surface area contributed by atoms with Crippen molar-refractivity contribution < 1.29 is 19.1 Å². The summed E-state index contributed by atoms with van der Waals surface area (Å²) in [5, 5.41) is 0. The molecule has 4 N–H and O–H groups in total. The molecule has 0 aliphatic carbocycles. The summed E-state index contributed by atoms with van der Waals surface area (Å²) in [7, 11) is 0. The zero-order valence-corrected chi connectivity index (χ0v) is 13.9. The minimum absolute atomic E-state index is 0.383. The van der Waals surface area contributed by atoms with E-state index in [0.717, 1.165) is 19.3 Å². The molecule has 6 heteroatoms. The second-order valence-corrected chi connectivity index (χ2v) is 5.48. The normalized spacial score (nSPS) is 10.2. The van der Waals surface area contributed by atoms with Gasteiger partial charge in [0.1, 0.15) is 11.5 Å². The van der Waals surface area contributed by atoms with Gasteiger partial charge in [0.15, 0.2) is 0 Å². The lowest BCUT2D eigenvalue weighted by atomic mass is 10.2. The monoisotopic (exact) mass is 342 g/mol. The average Bonchev–Trinajstić information content (AvgIpc) is 2.61. The van der Waals surface area contributed by atoms with Gasteiger partial charge in [-0.25, -0.2) is 0 Å². The van der Waals surface area contributed by atoms with Crippen LogP contribution in [-0.4, -0.2) is 25.0 Å². The number of primary amides is 2. The molecule has 0 aliphatic rings. The lowest BCUT2D eigenvalue weighted by molar-refractivity contribution is 0.0988. The summed E-state index contributed by atoms with van der Waals surface area (Å²) in [6.07, 6.45) is 2.51. The number of carbonyl (C=O) groups is 2. The van der Waals surface area contributed by atoms with Gasteiger partial charge in [-0.1, -0.05) is 24.3 Å². The Balaban J connectivity index is 1.68. The first-order valence-electron chi connectivity index (χ1n) is 8.13. The number of unbranched alkanes of at least 4 members (excludes halogenated alkanes) is 2. The smallest absolute Gasteiger partial charge is 0.252 e. The van der Waals surface area contributed by atoms with E-state index in [4.69, 9.17) is 20.9 Å². The molecular weight excluding hydrogens is 320 g/mol. The minimum atomic E-state index is -0.503. The van der Waals surface area contributed by atoms with E-state index >= 15 is 0 Å². The fourth-order valence-electron chi connectivity index (χ4n) is 2.34. The van der Waals surface area contributed by atoms with Gasteiger partial charge in [-0.3, -0.25) is 9.59 Å². The van der Waals surface area contributed by atoms with Gasteiger partial charge in [0, 0.05) is 0 Å². The van der Waals surface area contributed by atoms with Gasteiger partial charge in [0.05, 0.1) is 24.3 Å². The van der Waals surface area contributed by atoms with Crippen LogP contribution < -0.4 is 20.9 Å². The highest BCUT2D eigenvalue weighted by Gasteiger charge is 2.09. The molecule has 0 bridgehead atoms. The molecule has 0 saturated carbocycles. The molecule has 0 fully saturated rings. The van der Waals surface area contributed by atoms with Crippen molar-refractivity contribution in [3.63, 3.8) is 0 Å². The molecule has 2 aromatic rings. The SMILES string of the molecule is NC(=O)c1ccccc1OCCCCCOc1ccccc1C(N)=O. The van der Waals surface area contributed by atoms with E-state index in [1.54, 1.807) is 48.5 Å². The van der Waals surface area contributed by atoms with Crippen LogP contribution in [0.15, 0.2) is 48.5 Å². The van der Waals surface area contributed by atoms with Crippen LogP contribution in [0.1, 0.15) is 40.0 Å². The molecule has 2 aromatic carbocycles. The van der Waals surface area contributed by atoms with Crippen molar-refractivity contribution in [2.75, 3.05) is 13.2 Å². The highest BCUT2D eigenvalue weighted by Crippen LogP contribution is 2.19. The number of carbonyl (C=O) groups excluding carboxylic acids is 2. The summed E-state index contributed by atoms with van der Waals surface area (Å²) in [6.45, 7) is 0.977. The van der Waals surface area contributed by atoms with Crippen LogP contribution in [0.25, 0.3) is 0 Å². The van der Waals surface area contributed by atoms with E-state index in [1.165, 1.54) is 0 Å². The lowest BCUT2D eigenvalue weighted by Gasteiger charge is -2.10. The van der Waals surface area contributed by atoms with Crippen molar-refractivity contribution in [1.82, 2.24) is 0 Å². The Kier molecular flexibility index (Phi) is 6.83. The van der Waals surface area contributed by atoms with Gasteiger partial charge in [-0.2, -0.15) is 0 Å². The molecule has 0 atom stereocenters. The van der Waals surface area contributed by atoms with Gasteiger partial charge in [-0.15, -0.1) is 0 Å². The maximum Gasteiger partial charge on any atom is 0.252 e. The number of hydrogen-bond acceptors (Lipinski definition) is 4. The van der Waals surface area contributed by atoms with Crippen LogP contribution >= 0.6 is 0 Å². The van der Waals surface area contributed by atoms with E-state index in [9.17, 15) is 9.59 Å². The number of rotatable bonds is 10. The molecule has 0 saturated heterocycles. The zero-order chi connectivity index (χ0) is 18.1. The predicted octanol–water partition coefficient (Wildman–Crippen LogP) is 2.51. The molecule has 0 spiro atoms. The molecule has 6 nitrogen and oxygen atoms in total. The summed E-state index contributed by atoms with van der Waals surface area (Å²) < 4.78 is 11.2. The minimum Gasteiger partial charge on any atom is -0.493 e. The fraction of sp³-hybridized carbons (Fsp3) is 0.263. The Labute approximate surface area is 146 Å². The quantitative estimate of drug-likeness (QED) is 0.647. The summed E-state index contributed by atoms with van der Waals surface area (Å²) in [5.41, 5.74) is 11.4. The largest absolute Gasteiger partial charge is 0.493 e. The molecule has 0 aromatic heterocycles. The van der Waals surface area contributed by atoms with Crippen LogP contribution in [0.3, 0.4) is 0 Å². The van der Waals surface area contributed by atoms with E-state index in [0.29, 0.717) is 35.8 Å². The van der Waals surface area contributed by atoms with Gasteiger partial charge in [0.25, 0.3) is 11.8 Å². The van der Waals surface area contributed by atoms with Gasteiger partial charge >= 0.3 is 0 Å². The van der Waals surface area contributed by atoms with E-state index < -0.39 is 11.8 Å². The Morgan fingerprint density at radius 2 is 1.08 bits per heavy atom. The van der Waals surface area contributed by atoms with Crippen LogP contribution in [0.5, 0.6) is 11.5 Å². The summed E-state index contributed by atoms with van der Waals surface area (Å²) in [4.78, 5) is 22.6. The van der Waals surface area contributed by atoms with Crippen molar-refractivity contribution in [1.29, 1.82) is 0 Å². The van der Waals surface area contributed by atoms with Crippen molar-refractivity contribution >= 4 is 11.8 Å². The molecule has 0 aliphatic heterocycles. The second kappa shape index (κ2) is 9.32. The standard InChI is InChI=1S/C19H22N2O4/c20-18(22)14-8-2-4-10-16(14)24-12-6-1-7-13-25-17-11-5-3-9-15(17)19(21)23/h2-5,8-11H,1,6-7,12-13H2,(H2,20,22)(H2,21,23). The first-order valence-corrected chi connectivity index (χ1v) is 8.13. The Hall–Kier alpha value is -3.02. The molecule has 0 heterocycles. The van der Waals surface area contributed by atoms with Crippen LogP contribution in [-0.2, 0) is 0 Å². The number of hydrogen-bond donors (Lipinski definition) is 2. The van der Waals surface area contributed by atoms with Gasteiger partial charge in [0.2, 0.25) is 0 Å². The number of nitrogens with two attached hydrogens (primary N) is 2. The molecule has 2 rings (SSSR count). The highest BCUT2D eigenvalue weighted by molar-refractivity contribution is 5.96. The van der Waals surface area contributed by atoms with Crippen LogP contribution in [0.2, 0.25) is 0 Å². The predicted molar refractivity (Wildman–Crippen MR) is 94.8 cm³/mol. The van der Waals surface area contributed by atoms with Gasteiger partial charge in [-0.05, 0) is 43.5 Å². The number of ether oxygens (including phenoxy) is 2. The van der Waals surface area contributed by atoms with Crippen molar-refractivity contribution in [2.45, 2.75) is 19.3 Å². The third-order valence-electron chi connectivity index (χ3n) is 3.61. The lowest BCUT2D eigenvalue weighted by Crippen LogP contribution is -2.13. The summed E-state index contributed by atoms with van der Waals surface area (Å²) in [6, 6.07) is 13.8. The highest BCUT2D eigenvalue weighted by atomic mass is 16.5. The Bertz CT molecular complexity index is 669. The van der Waals surface area contributed by atoms with Crippen LogP contribution in [0.4, 0.5) is 0 Å². The van der Waals surface area contributed by atoms with Crippen molar-refractivity contribution in [3.8, 4) is 11.5 Å². The van der Waals surface area contributed by atoms with E-state index in [2.05, 4.69) is 0 Å². The molecule has 2 amide bonds. The molecule has 25 heavy (non-hydrogen) atoms. The third kappa shape index (κ3) is 5.53. The summed E-state index contributed by atoms with van der Waals surface area (Å²) in [5.74, 6) is -0.00231. The van der Waals surface area contributed by atoms with E-state index in [-0.39, 0.29) is 0 Å². The van der Waals surface area contributed by atoms with Crippen molar-refractivity contribution in [2.24, 2.45) is 11.5 Å². The second-order valence-electron chi connectivity index (χ2n) is 5.48. The molecule has 132 valence electrons. The molecular formula is C19H22N2O4. The van der Waals surface area contributed by atoms with Crippen LogP contribution in [0, 0.1) is 0 Å². The Morgan fingerprint density at radius 1 is 0.680 bits per heavy atom. The molecule has 0 unspecified atom stereocenters. The van der Waals surface area contributed by atoms with Gasteiger partial charge < -0.3 is 20.9 Å². The average molecular weight is 342 g/mol.